The summed E-state index contributed by atoms with van der Waals surface area (Å²) in [5.74, 6) is 0. The number of nitrogens with zero attached hydrogens (tertiary/aromatic N) is 1. The first-order valence-corrected chi connectivity index (χ1v) is 5.13. The molecule has 0 aromatic carbocycles. The van der Waals surface area contributed by atoms with Crippen molar-refractivity contribution in [2.75, 3.05) is 21.1 Å². The van der Waals surface area contributed by atoms with Crippen LogP contribution in [0.5, 0.6) is 0 Å². The summed E-state index contributed by atoms with van der Waals surface area (Å²) in [6.45, 7) is 6.99. The molecule has 0 aromatic heterocycles. The van der Waals surface area contributed by atoms with E-state index in [1.807, 2.05) is 0 Å². The van der Waals surface area contributed by atoms with E-state index in [1.165, 1.54) is 25.7 Å². The molecule has 0 rings (SSSR count). The molecule has 1 nitrogen and oxygen atoms in total. The third-order valence-electron chi connectivity index (χ3n) is 3.21. The Balaban J connectivity index is 3.88. The largest absolute Gasteiger partial charge is 0.327 e. The lowest BCUT2D eigenvalue weighted by atomic mass is 9.93. The van der Waals surface area contributed by atoms with E-state index in [4.69, 9.17) is 0 Å². The summed E-state index contributed by atoms with van der Waals surface area (Å²) in [5.41, 5.74) is 0.426. The zero-order chi connectivity index (χ0) is 9.83. The predicted molar refractivity (Wildman–Crippen MR) is 56.3 cm³/mol. The molecule has 0 aromatic rings. The van der Waals surface area contributed by atoms with Gasteiger partial charge in [0.1, 0.15) is 0 Å². The van der Waals surface area contributed by atoms with Crippen LogP contribution in [0.4, 0.5) is 0 Å². The molecule has 0 atom stereocenters. The molecule has 0 saturated carbocycles. The Bertz CT molecular complexity index is 119. The maximum absolute atomic E-state index is 2.36. The van der Waals surface area contributed by atoms with E-state index >= 15 is 0 Å². The Morgan fingerprint density at radius 2 is 1.50 bits per heavy atom. The van der Waals surface area contributed by atoms with Gasteiger partial charge in [0.05, 0.1) is 26.7 Å². The average molecular weight is 172 g/mol. The summed E-state index contributed by atoms with van der Waals surface area (Å²) in [5, 5.41) is 0. The minimum absolute atomic E-state index is 0.426. The third kappa shape index (κ3) is 3.57. The fourth-order valence-corrected chi connectivity index (χ4v) is 1.14. The van der Waals surface area contributed by atoms with Gasteiger partial charge in [-0.2, -0.15) is 0 Å². The van der Waals surface area contributed by atoms with Crippen LogP contribution in [0, 0.1) is 0 Å². The van der Waals surface area contributed by atoms with E-state index in [0.29, 0.717) is 5.54 Å². The third-order valence-corrected chi connectivity index (χ3v) is 3.21. The van der Waals surface area contributed by atoms with Crippen LogP contribution in [-0.2, 0) is 0 Å². The normalized spacial score (nSPS) is 13.5. The second kappa shape index (κ2) is 4.27. The number of quaternary nitrogens is 1. The predicted octanol–water partition coefficient (Wildman–Crippen LogP) is 3.05. The van der Waals surface area contributed by atoms with Crippen molar-refractivity contribution in [3.05, 3.63) is 0 Å². The van der Waals surface area contributed by atoms with Gasteiger partial charge in [0.2, 0.25) is 0 Å². The van der Waals surface area contributed by atoms with Crippen molar-refractivity contribution < 1.29 is 4.48 Å². The van der Waals surface area contributed by atoms with Crippen LogP contribution >= 0.6 is 0 Å². The van der Waals surface area contributed by atoms with Gasteiger partial charge < -0.3 is 4.48 Å². The van der Waals surface area contributed by atoms with Gasteiger partial charge in [-0.25, -0.2) is 0 Å². The molecule has 0 spiro atoms. The molecule has 0 aliphatic carbocycles. The van der Waals surface area contributed by atoms with Gasteiger partial charge in [-0.1, -0.05) is 19.8 Å². The van der Waals surface area contributed by atoms with Gasteiger partial charge in [-0.05, 0) is 20.3 Å². The Kier molecular flexibility index (Phi) is 4.25. The highest BCUT2D eigenvalue weighted by Gasteiger charge is 2.31. The highest BCUT2D eigenvalue weighted by atomic mass is 15.3. The Labute approximate surface area is 78.4 Å². The molecule has 74 valence electrons. The lowest BCUT2D eigenvalue weighted by Gasteiger charge is -2.41. The van der Waals surface area contributed by atoms with Gasteiger partial charge in [0.15, 0.2) is 0 Å². The van der Waals surface area contributed by atoms with Crippen LogP contribution in [0.1, 0.15) is 46.5 Å². The molecule has 0 fully saturated rings. The summed E-state index contributed by atoms with van der Waals surface area (Å²) >= 11 is 0. The summed E-state index contributed by atoms with van der Waals surface area (Å²) < 4.78 is 1.07. The Morgan fingerprint density at radius 3 is 1.83 bits per heavy atom. The van der Waals surface area contributed by atoms with E-state index in [-0.39, 0.29) is 0 Å². The second-order valence-corrected chi connectivity index (χ2v) is 5.28. The van der Waals surface area contributed by atoms with E-state index in [2.05, 4.69) is 41.9 Å². The minimum atomic E-state index is 0.426. The van der Waals surface area contributed by atoms with Gasteiger partial charge >= 0.3 is 0 Å². The maximum atomic E-state index is 2.36. The molecular weight excluding hydrogens is 146 g/mol. The summed E-state index contributed by atoms with van der Waals surface area (Å²) in [6, 6.07) is 0. The lowest BCUT2D eigenvalue weighted by Crippen LogP contribution is -2.52. The van der Waals surface area contributed by atoms with Crippen molar-refractivity contribution in [1.29, 1.82) is 0 Å². The first kappa shape index (κ1) is 12.0. The van der Waals surface area contributed by atoms with Crippen LogP contribution in [-0.4, -0.2) is 31.2 Å². The van der Waals surface area contributed by atoms with Crippen molar-refractivity contribution >= 4 is 0 Å². The zero-order valence-electron chi connectivity index (χ0n) is 9.78. The van der Waals surface area contributed by atoms with E-state index in [1.54, 1.807) is 0 Å². The molecule has 0 heterocycles. The van der Waals surface area contributed by atoms with E-state index < -0.39 is 0 Å². The first-order chi connectivity index (χ1) is 5.31. The van der Waals surface area contributed by atoms with Crippen LogP contribution in [0.15, 0.2) is 0 Å². The topological polar surface area (TPSA) is 0 Å². The van der Waals surface area contributed by atoms with Crippen molar-refractivity contribution in [2.24, 2.45) is 0 Å². The molecule has 0 saturated heterocycles. The van der Waals surface area contributed by atoms with Gasteiger partial charge in [-0.3, -0.25) is 0 Å². The van der Waals surface area contributed by atoms with Crippen molar-refractivity contribution in [3.8, 4) is 0 Å². The molecule has 1 heteroatoms. The SMILES string of the molecule is CCCCCC(C)(C)[N+](C)(C)C. The van der Waals surface area contributed by atoms with Gasteiger partial charge in [0.25, 0.3) is 0 Å². The van der Waals surface area contributed by atoms with Crippen LogP contribution in [0.25, 0.3) is 0 Å². The molecule has 0 amide bonds. The zero-order valence-corrected chi connectivity index (χ0v) is 9.78. The molecule has 0 aliphatic heterocycles. The first-order valence-electron chi connectivity index (χ1n) is 5.13. The standard InChI is InChI=1S/C11H26N/c1-7-8-9-10-11(2,3)12(4,5)6/h7-10H2,1-6H3/q+1. The average Bonchev–Trinajstić information content (AvgIpc) is 1.85. The minimum Gasteiger partial charge on any atom is -0.327 e. The van der Waals surface area contributed by atoms with E-state index in [9.17, 15) is 0 Å². The second-order valence-electron chi connectivity index (χ2n) is 5.28. The highest BCUT2D eigenvalue weighted by molar-refractivity contribution is 4.67. The van der Waals surface area contributed by atoms with Crippen molar-refractivity contribution in [1.82, 2.24) is 0 Å². The molecule has 0 unspecified atom stereocenters. The van der Waals surface area contributed by atoms with Gasteiger partial charge in [0, 0.05) is 6.42 Å². The lowest BCUT2D eigenvalue weighted by molar-refractivity contribution is -0.920. The number of hydrogen-bond acceptors (Lipinski definition) is 0. The quantitative estimate of drug-likeness (QED) is 0.442. The molecular formula is C11H26N+. The van der Waals surface area contributed by atoms with E-state index in [0.717, 1.165) is 4.48 Å². The summed E-state index contributed by atoms with van der Waals surface area (Å²) in [6.07, 6.45) is 5.42. The molecule has 0 bridgehead atoms. The smallest absolute Gasteiger partial charge is 0.0929 e. The van der Waals surface area contributed by atoms with Crippen LogP contribution in [0.3, 0.4) is 0 Å². The molecule has 0 aliphatic rings. The molecule has 12 heavy (non-hydrogen) atoms. The summed E-state index contributed by atoms with van der Waals surface area (Å²) in [7, 11) is 6.85. The Hall–Kier alpha value is -0.0400. The highest BCUT2D eigenvalue weighted by Crippen LogP contribution is 2.24. The van der Waals surface area contributed by atoms with Crippen molar-refractivity contribution in [3.63, 3.8) is 0 Å². The maximum Gasteiger partial charge on any atom is 0.0929 e. The number of hydrogen-bond donors (Lipinski definition) is 0. The van der Waals surface area contributed by atoms with Crippen LogP contribution in [0.2, 0.25) is 0 Å². The van der Waals surface area contributed by atoms with Gasteiger partial charge in [-0.15, -0.1) is 0 Å². The summed E-state index contributed by atoms with van der Waals surface area (Å²) in [4.78, 5) is 0. The number of rotatable bonds is 5. The van der Waals surface area contributed by atoms with Crippen LogP contribution < -0.4 is 0 Å². The Morgan fingerprint density at radius 1 is 1.00 bits per heavy atom. The fourth-order valence-electron chi connectivity index (χ4n) is 1.14. The molecule has 0 N–H and O–H groups in total. The fraction of sp³-hybridized carbons (Fsp3) is 1.00. The number of unbranched alkanes of at least 4 members (excludes halogenated alkanes) is 2. The van der Waals surface area contributed by atoms with Crippen molar-refractivity contribution in [2.45, 2.75) is 52.0 Å². The molecule has 0 radical (unpaired) electrons. The monoisotopic (exact) mass is 172 g/mol.